The Balaban J connectivity index is 2.11. The average Bonchev–Trinajstić information content (AvgIpc) is 2.86. The fourth-order valence-electron chi connectivity index (χ4n) is 2.73. The molecule has 2 rings (SSSR count). The number of hydrogen-bond acceptors (Lipinski definition) is 3. The molecule has 0 saturated heterocycles. The number of carbonyl (C=O) groups excluding carboxylic acids is 1. The summed E-state index contributed by atoms with van der Waals surface area (Å²) in [5.74, 6) is -1.48. The molecule has 1 aromatic heterocycles. The summed E-state index contributed by atoms with van der Waals surface area (Å²) in [5, 5.41) is 12.0. The maximum atomic E-state index is 12.3. The van der Waals surface area contributed by atoms with Gasteiger partial charge in [0, 0.05) is 6.20 Å². The van der Waals surface area contributed by atoms with Gasteiger partial charge in [-0.2, -0.15) is 0 Å². The summed E-state index contributed by atoms with van der Waals surface area (Å²) in [7, 11) is 0. The van der Waals surface area contributed by atoms with Crippen molar-refractivity contribution < 1.29 is 14.7 Å². The van der Waals surface area contributed by atoms with Crippen LogP contribution in [-0.2, 0) is 9.59 Å². The molecule has 0 spiro atoms. The number of nitrogens with one attached hydrogen (secondary N) is 1. The fraction of sp³-hybridized carbons (Fsp3) is 0.500. The first-order chi connectivity index (χ1) is 9.52. The SMILES string of the molecule is CCC1CC(C(=O)O)C(C(=O)Nc2ncccc2Br)C1. The number of aliphatic carboxylic acids is 1. The number of hydrogen-bond donors (Lipinski definition) is 2. The highest BCUT2D eigenvalue weighted by Gasteiger charge is 2.42. The van der Waals surface area contributed by atoms with E-state index in [1.165, 1.54) is 0 Å². The zero-order valence-corrected chi connectivity index (χ0v) is 12.8. The topological polar surface area (TPSA) is 79.3 Å². The molecule has 1 aliphatic carbocycles. The third-order valence-electron chi connectivity index (χ3n) is 3.89. The van der Waals surface area contributed by atoms with E-state index in [1.54, 1.807) is 18.3 Å². The molecular weight excluding hydrogens is 324 g/mol. The van der Waals surface area contributed by atoms with Crippen molar-refractivity contribution in [3.63, 3.8) is 0 Å². The Kier molecular flexibility index (Phi) is 4.75. The molecule has 0 radical (unpaired) electrons. The van der Waals surface area contributed by atoms with Crippen LogP contribution < -0.4 is 5.32 Å². The van der Waals surface area contributed by atoms with Gasteiger partial charge in [0.25, 0.3) is 0 Å². The second kappa shape index (κ2) is 6.35. The molecule has 0 aliphatic heterocycles. The number of carboxylic acid groups (broad SMARTS) is 1. The number of nitrogens with zero attached hydrogens (tertiary/aromatic N) is 1. The first-order valence-electron chi connectivity index (χ1n) is 6.67. The van der Waals surface area contributed by atoms with Crippen LogP contribution in [0.1, 0.15) is 26.2 Å². The molecule has 3 atom stereocenters. The molecule has 0 aromatic carbocycles. The lowest BCUT2D eigenvalue weighted by atomic mass is 9.95. The number of aromatic nitrogens is 1. The molecule has 5 nitrogen and oxygen atoms in total. The highest BCUT2D eigenvalue weighted by molar-refractivity contribution is 9.10. The third-order valence-corrected chi connectivity index (χ3v) is 4.53. The van der Waals surface area contributed by atoms with Gasteiger partial charge in [0.05, 0.1) is 16.3 Å². The summed E-state index contributed by atoms with van der Waals surface area (Å²) in [6.45, 7) is 2.03. The van der Waals surface area contributed by atoms with E-state index < -0.39 is 17.8 Å². The number of anilines is 1. The Labute approximate surface area is 125 Å². The van der Waals surface area contributed by atoms with Crippen LogP contribution in [-0.4, -0.2) is 22.0 Å². The van der Waals surface area contributed by atoms with Gasteiger partial charge in [-0.15, -0.1) is 0 Å². The highest BCUT2D eigenvalue weighted by atomic mass is 79.9. The van der Waals surface area contributed by atoms with Crippen molar-refractivity contribution in [3.05, 3.63) is 22.8 Å². The standard InChI is InChI=1S/C14H17BrN2O3/c1-2-8-6-9(10(7-8)14(19)20)13(18)17-12-11(15)4-3-5-16-12/h3-5,8-10H,2,6-7H2,1H3,(H,19,20)(H,16,17,18). The van der Waals surface area contributed by atoms with Gasteiger partial charge in [0.15, 0.2) is 0 Å². The Morgan fingerprint density at radius 3 is 2.75 bits per heavy atom. The summed E-state index contributed by atoms with van der Waals surface area (Å²) >= 11 is 3.31. The molecule has 2 N–H and O–H groups in total. The molecule has 1 amide bonds. The number of carbonyl (C=O) groups is 2. The maximum Gasteiger partial charge on any atom is 0.307 e. The lowest BCUT2D eigenvalue weighted by Crippen LogP contribution is -2.30. The summed E-state index contributed by atoms with van der Waals surface area (Å²) in [6.07, 6.45) is 3.69. The molecule has 1 saturated carbocycles. The summed E-state index contributed by atoms with van der Waals surface area (Å²) in [4.78, 5) is 27.7. The molecular formula is C14H17BrN2O3. The molecule has 1 aromatic rings. The van der Waals surface area contributed by atoms with E-state index in [0.29, 0.717) is 29.1 Å². The fourth-order valence-corrected chi connectivity index (χ4v) is 3.08. The van der Waals surface area contributed by atoms with Gasteiger partial charge in [-0.25, -0.2) is 4.98 Å². The molecule has 1 heterocycles. The van der Waals surface area contributed by atoms with Gasteiger partial charge in [-0.3, -0.25) is 9.59 Å². The van der Waals surface area contributed by atoms with Gasteiger partial charge in [-0.1, -0.05) is 13.3 Å². The largest absolute Gasteiger partial charge is 0.481 e. The van der Waals surface area contributed by atoms with Gasteiger partial charge in [-0.05, 0) is 46.8 Å². The molecule has 1 fully saturated rings. The van der Waals surface area contributed by atoms with Crippen molar-refractivity contribution >= 4 is 33.6 Å². The Morgan fingerprint density at radius 1 is 1.45 bits per heavy atom. The van der Waals surface area contributed by atoms with Crippen LogP contribution in [0.25, 0.3) is 0 Å². The van der Waals surface area contributed by atoms with Crippen molar-refractivity contribution in [2.75, 3.05) is 5.32 Å². The predicted molar refractivity (Wildman–Crippen MR) is 78.2 cm³/mol. The van der Waals surface area contributed by atoms with E-state index in [0.717, 1.165) is 6.42 Å². The Morgan fingerprint density at radius 2 is 2.15 bits per heavy atom. The van der Waals surface area contributed by atoms with Crippen molar-refractivity contribution in [2.45, 2.75) is 26.2 Å². The summed E-state index contributed by atoms with van der Waals surface area (Å²) in [6, 6.07) is 3.53. The van der Waals surface area contributed by atoms with Crippen LogP contribution in [0.15, 0.2) is 22.8 Å². The first kappa shape index (κ1) is 15.0. The van der Waals surface area contributed by atoms with Crippen LogP contribution >= 0.6 is 15.9 Å². The highest BCUT2D eigenvalue weighted by Crippen LogP contribution is 2.39. The van der Waals surface area contributed by atoms with E-state index in [1.807, 2.05) is 6.92 Å². The Bertz CT molecular complexity index is 521. The molecule has 108 valence electrons. The van der Waals surface area contributed by atoms with Crippen molar-refractivity contribution in [1.82, 2.24) is 4.98 Å². The average molecular weight is 341 g/mol. The van der Waals surface area contributed by atoms with Crippen LogP contribution in [0, 0.1) is 17.8 Å². The minimum atomic E-state index is -0.888. The number of carboxylic acids is 1. The summed E-state index contributed by atoms with van der Waals surface area (Å²) in [5.41, 5.74) is 0. The zero-order chi connectivity index (χ0) is 14.7. The molecule has 6 heteroatoms. The number of rotatable bonds is 4. The number of pyridine rings is 1. The molecule has 1 aliphatic rings. The van der Waals surface area contributed by atoms with E-state index >= 15 is 0 Å². The second-order valence-electron chi connectivity index (χ2n) is 5.12. The van der Waals surface area contributed by atoms with Gasteiger partial charge in [0.1, 0.15) is 5.82 Å². The van der Waals surface area contributed by atoms with E-state index in [9.17, 15) is 14.7 Å². The third kappa shape index (κ3) is 3.17. The second-order valence-corrected chi connectivity index (χ2v) is 5.97. The van der Waals surface area contributed by atoms with E-state index in [-0.39, 0.29) is 5.91 Å². The van der Waals surface area contributed by atoms with Gasteiger partial charge < -0.3 is 10.4 Å². The van der Waals surface area contributed by atoms with Crippen molar-refractivity contribution in [3.8, 4) is 0 Å². The first-order valence-corrected chi connectivity index (χ1v) is 7.46. The van der Waals surface area contributed by atoms with Gasteiger partial charge >= 0.3 is 5.97 Å². The lowest BCUT2D eigenvalue weighted by molar-refractivity contribution is -0.145. The van der Waals surface area contributed by atoms with Crippen LogP contribution in [0.2, 0.25) is 0 Å². The van der Waals surface area contributed by atoms with E-state index in [2.05, 4.69) is 26.2 Å². The minimum Gasteiger partial charge on any atom is -0.481 e. The molecule has 0 bridgehead atoms. The van der Waals surface area contributed by atoms with Crippen molar-refractivity contribution in [1.29, 1.82) is 0 Å². The molecule has 20 heavy (non-hydrogen) atoms. The van der Waals surface area contributed by atoms with E-state index in [4.69, 9.17) is 0 Å². The van der Waals surface area contributed by atoms with Crippen molar-refractivity contribution in [2.24, 2.45) is 17.8 Å². The molecule has 3 unspecified atom stereocenters. The Hall–Kier alpha value is -1.43. The smallest absolute Gasteiger partial charge is 0.307 e. The normalized spacial score (nSPS) is 25.4. The monoisotopic (exact) mass is 340 g/mol. The lowest BCUT2D eigenvalue weighted by Gasteiger charge is -2.15. The van der Waals surface area contributed by atoms with Crippen LogP contribution in [0.5, 0.6) is 0 Å². The zero-order valence-electron chi connectivity index (χ0n) is 11.2. The quantitative estimate of drug-likeness (QED) is 0.883. The maximum absolute atomic E-state index is 12.3. The van der Waals surface area contributed by atoms with Crippen LogP contribution in [0.3, 0.4) is 0 Å². The minimum absolute atomic E-state index is 0.257. The number of amides is 1. The summed E-state index contributed by atoms with van der Waals surface area (Å²) < 4.78 is 0.685. The van der Waals surface area contributed by atoms with Gasteiger partial charge in [0.2, 0.25) is 5.91 Å². The number of halogens is 1. The predicted octanol–water partition coefficient (Wildman–Crippen LogP) is 2.92. The van der Waals surface area contributed by atoms with Crippen LogP contribution in [0.4, 0.5) is 5.82 Å².